The lowest BCUT2D eigenvalue weighted by atomic mass is 10.1. The van der Waals surface area contributed by atoms with E-state index in [0.717, 1.165) is 44.0 Å². The van der Waals surface area contributed by atoms with Gasteiger partial charge in [0.05, 0.1) is 0 Å². The molecule has 7 heteroatoms. The number of amides is 2. The molecule has 1 aromatic heterocycles. The Balaban J connectivity index is 1.38. The monoisotopic (exact) mass is 401 g/mol. The lowest BCUT2D eigenvalue weighted by Gasteiger charge is -2.33. The van der Waals surface area contributed by atoms with E-state index < -0.39 is 0 Å². The fourth-order valence-electron chi connectivity index (χ4n) is 3.30. The summed E-state index contributed by atoms with van der Waals surface area (Å²) in [5.41, 5.74) is 2.51. The van der Waals surface area contributed by atoms with Crippen LogP contribution < -0.4 is 10.6 Å². The van der Waals surface area contributed by atoms with Crippen LogP contribution in [-0.4, -0.2) is 67.1 Å². The number of urea groups is 1. The number of likely N-dealkylation sites (N-methyl/N-ethyl adjacent to an activating group) is 1. The maximum Gasteiger partial charge on any atom is 0.321 e. The van der Waals surface area contributed by atoms with Crippen LogP contribution in [0.1, 0.15) is 22.9 Å². The van der Waals surface area contributed by atoms with E-state index in [9.17, 15) is 4.79 Å². The van der Waals surface area contributed by atoms with Crippen molar-refractivity contribution in [3.05, 3.63) is 46.5 Å². The lowest BCUT2D eigenvalue weighted by molar-refractivity contribution is 0.138. The van der Waals surface area contributed by atoms with Gasteiger partial charge < -0.3 is 15.1 Å². The van der Waals surface area contributed by atoms with Crippen molar-refractivity contribution < 1.29 is 4.79 Å². The molecule has 2 heterocycles. The summed E-state index contributed by atoms with van der Waals surface area (Å²) in [5.74, 6) is 0.419. The number of nitrogens with zero attached hydrogens (tertiary/aromatic N) is 3. The van der Waals surface area contributed by atoms with E-state index in [2.05, 4.69) is 70.6 Å². The average molecular weight is 402 g/mol. The summed E-state index contributed by atoms with van der Waals surface area (Å²) in [6, 6.07) is 8.33. The van der Waals surface area contributed by atoms with Gasteiger partial charge in [-0.2, -0.15) is 0 Å². The first kappa shape index (κ1) is 20.8. The predicted molar refractivity (Wildman–Crippen MR) is 116 cm³/mol. The van der Waals surface area contributed by atoms with Crippen molar-refractivity contribution >= 4 is 22.5 Å². The van der Waals surface area contributed by atoms with Gasteiger partial charge in [0, 0.05) is 56.8 Å². The zero-order chi connectivity index (χ0) is 19.9. The maximum atomic E-state index is 12.2. The minimum absolute atomic E-state index is 0.179. The van der Waals surface area contributed by atoms with Gasteiger partial charge in [0.15, 0.2) is 5.13 Å². The van der Waals surface area contributed by atoms with Crippen molar-refractivity contribution in [3.63, 3.8) is 0 Å². The van der Waals surface area contributed by atoms with Gasteiger partial charge in [0.1, 0.15) is 0 Å². The van der Waals surface area contributed by atoms with Gasteiger partial charge in [-0.3, -0.25) is 5.32 Å². The molecule has 6 nitrogen and oxygen atoms in total. The number of benzene rings is 1. The van der Waals surface area contributed by atoms with E-state index >= 15 is 0 Å². The Bertz CT molecular complexity index is 752. The number of nitrogens with one attached hydrogen (secondary N) is 2. The highest BCUT2D eigenvalue weighted by molar-refractivity contribution is 7.15. The number of carbonyl (C=O) groups excluding carboxylic acids is 1. The Hall–Kier alpha value is -1.96. The van der Waals surface area contributed by atoms with Crippen LogP contribution in [0.3, 0.4) is 0 Å². The summed E-state index contributed by atoms with van der Waals surface area (Å²) in [7, 11) is 2.16. The van der Waals surface area contributed by atoms with Crippen LogP contribution in [0.25, 0.3) is 0 Å². The van der Waals surface area contributed by atoms with E-state index in [1.54, 1.807) is 0 Å². The van der Waals surface area contributed by atoms with E-state index in [0.29, 0.717) is 17.6 Å². The van der Waals surface area contributed by atoms with Crippen molar-refractivity contribution in [3.8, 4) is 0 Å². The molecule has 0 radical (unpaired) electrons. The molecule has 0 saturated carbocycles. The van der Waals surface area contributed by atoms with Crippen LogP contribution in [0.4, 0.5) is 9.93 Å². The Morgan fingerprint density at radius 1 is 1.21 bits per heavy atom. The number of hydrogen-bond acceptors (Lipinski definition) is 5. The van der Waals surface area contributed by atoms with Gasteiger partial charge in [0.25, 0.3) is 0 Å². The van der Waals surface area contributed by atoms with Gasteiger partial charge >= 0.3 is 6.03 Å². The second kappa shape index (κ2) is 10.0. The molecular weight excluding hydrogens is 370 g/mol. The normalized spacial score (nSPS) is 16.7. The highest BCUT2D eigenvalue weighted by atomic mass is 32.1. The molecule has 0 unspecified atom stereocenters. The number of thiazole rings is 1. The second-order valence-electron chi connectivity index (χ2n) is 7.84. The van der Waals surface area contributed by atoms with Gasteiger partial charge in [-0.25, -0.2) is 9.78 Å². The van der Waals surface area contributed by atoms with Crippen LogP contribution in [-0.2, 0) is 6.42 Å². The molecule has 1 aliphatic heterocycles. The first-order chi connectivity index (χ1) is 13.5. The molecular formula is C21H31N5OS. The Labute approximate surface area is 172 Å². The highest BCUT2D eigenvalue weighted by Crippen LogP contribution is 2.21. The fourth-order valence-corrected chi connectivity index (χ4v) is 4.14. The summed E-state index contributed by atoms with van der Waals surface area (Å²) < 4.78 is 0. The van der Waals surface area contributed by atoms with E-state index in [-0.39, 0.29) is 6.03 Å². The first-order valence-electron chi connectivity index (χ1n) is 9.94. The third-order valence-electron chi connectivity index (χ3n) is 5.05. The molecule has 28 heavy (non-hydrogen) atoms. The van der Waals surface area contributed by atoms with Crippen molar-refractivity contribution in [2.24, 2.45) is 5.92 Å². The van der Waals surface area contributed by atoms with Crippen molar-refractivity contribution in [1.82, 2.24) is 20.1 Å². The highest BCUT2D eigenvalue weighted by Gasteiger charge is 2.16. The molecule has 152 valence electrons. The minimum atomic E-state index is -0.179. The summed E-state index contributed by atoms with van der Waals surface area (Å²) >= 11 is 1.53. The number of carbonyl (C=O) groups is 1. The fraction of sp³-hybridized carbons (Fsp3) is 0.524. The lowest BCUT2D eigenvalue weighted by Crippen LogP contribution is -2.47. The van der Waals surface area contributed by atoms with E-state index in [1.165, 1.54) is 22.5 Å². The van der Waals surface area contributed by atoms with Gasteiger partial charge in [0.2, 0.25) is 0 Å². The quantitative estimate of drug-likeness (QED) is 0.749. The smallest absolute Gasteiger partial charge is 0.321 e. The van der Waals surface area contributed by atoms with Crippen molar-refractivity contribution in [2.75, 3.05) is 51.6 Å². The molecule has 1 saturated heterocycles. The largest absolute Gasteiger partial charge is 0.337 e. The van der Waals surface area contributed by atoms with E-state index in [4.69, 9.17) is 0 Å². The molecule has 1 aromatic carbocycles. The zero-order valence-corrected chi connectivity index (χ0v) is 17.9. The molecule has 2 aromatic rings. The Morgan fingerprint density at radius 3 is 2.64 bits per heavy atom. The zero-order valence-electron chi connectivity index (χ0n) is 17.1. The number of piperazine rings is 1. The third-order valence-corrected chi connectivity index (χ3v) is 5.96. The number of rotatable bonds is 7. The van der Waals surface area contributed by atoms with Gasteiger partial charge in [-0.05, 0) is 25.5 Å². The SMILES string of the molecule is Cc1ccc(Cc2cnc(NC(=O)NC[C@H](C)CN3CCN(C)CC3)s2)cc1. The second-order valence-corrected chi connectivity index (χ2v) is 8.95. The number of hydrogen-bond donors (Lipinski definition) is 2. The van der Waals surface area contributed by atoms with Gasteiger partial charge in [-0.1, -0.05) is 36.8 Å². The van der Waals surface area contributed by atoms with Crippen LogP contribution in [0.2, 0.25) is 0 Å². The molecule has 3 rings (SSSR count). The van der Waals surface area contributed by atoms with Crippen LogP contribution in [0.5, 0.6) is 0 Å². The maximum absolute atomic E-state index is 12.2. The van der Waals surface area contributed by atoms with Crippen LogP contribution in [0, 0.1) is 12.8 Å². The van der Waals surface area contributed by atoms with Crippen LogP contribution >= 0.6 is 11.3 Å². The first-order valence-corrected chi connectivity index (χ1v) is 10.8. The van der Waals surface area contributed by atoms with Crippen LogP contribution in [0.15, 0.2) is 30.5 Å². The summed E-state index contributed by atoms with van der Waals surface area (Å²) in [4.78, 5) is 22.5. The number of anilines is 1. The number of aryl methyl sites for hydroxylation is 1. The number of aromatic nitrogens is 1. The van der Waals surface area contributed by atoms with E-state index in [1.807, 2.05) is 6.20 Å². The topological polar surface area (TPSA) is 60.5 Å². The Kier molecular flexibility index (Phi) is 7.42. The van der Waals surface area contributed by atoms with Crippen molar-refractivity contribution in [2.45, 2.75) is 20.3 Å². The average Bonchev–Trinajstić information content (AvgIpc) is 3.10. The summed E-state index contributed by atoms with van der Waals surface area (Å²) in [6.07, 6.45) is 2.68. The minimum Gasteiger partial charge on any atom is -0.337 e. The summed E-state index contributed by atoms with van der Waals surface area (Å²) in [6.45, 7) is 10.4. The molecule has 1 aliphatic rings. The molecule has 1 atom stereocenters. The van der Waals surface area contributed by atoms with Crippen molar-refractivity contribution in [1.29, 1.82) is 0 Å². The van der Waals surface area contributed by atoms with Gasteiger partial charge in [-0.15, -0.1) is 11.3 Å². The standard InChI is InChI=1S/C21H31N5OS/c1-16-4-6-18(7-5-16)12-19-14-23-21(28-19)24-20(27)22-13-17(2)15-26-10-8-25(3)9-11-26/h4-7,14,17H,8-13,15H2,1-3H3,(H2,22,23,24,27)/t17-/m0/s1. The Morgan fingerprint density at radius 2 is 1.93 bits per heavy atom. The molecule has 0 bridgehead atoms. The third kappa shape index (κ3) is 6.58. The molecule has 2 N–H and O–H groups in total. The predicted octanol–water partition coefficient (Wildman–Crippen LogP) is 3.05. The molecule has 0 spiro atoms. The molecule has 0 aliphatic carbocycles. The molecule has 2 amide bonds. The molecule has 1 fully saturated rings. The summed E-state index contributed by atoms with van der Waals surface area (Å²) in [5, 5.41) is 6.48.